The first-order valence-corrected chi connectivity index (χ1v) is 10.6. The van der Waals surface area contributed by atoms with E-state index < -0.39 is 0 Å². The van der Waals surface area contributed by atoms with E-state index in [1.165, 1.54) is 103 Å². The number of aliphatic hydroxyl groups excluding tert-OH is 1. The smallest absolute Gasteiger partial charge is 0.0445 e. The van der Waals surface area contributed by atoms with E-state index >= 15 is 0 Å². The van der Waals surface area contributed by atoms with Gasteiger partial charge in [0.1, 0.15) is 0 Å². The average Bonchev–Trinajstić information content (AvgIpc) is 2.57. The highest BCUT2D eigenvalue weighted by Gasteiger charge is 2.03. The summed E-state index contributed by atoms with van der Waals surface area (Å²) in [6.45, 7) is 2.60. The van der Waals surface area contributed by atoms with Crippen molar-refractivity contribution in [3.05, 3.63) is 0 Å². The summed E-state index contributed by atoms with van der Waals surface area (Å²) in [4.78, 5) is 0. The third kappa shape index (κ3) is 18.1. The minimum absolute atomic E-state index is 0.310. The van der Waals surface area contributed by atoms with Crippen molar-refractivity contribution in [2.45, 2.75) is 122 Å². The summed E-state index contributed by atoms with van der Waals surface area (Å²) in [5.74, 6) is 0. The second kappa shape index (κ2) is 20.0. The fraction of sp³-hybridized carbons (Fsp3) is 1.00. The molecular weight excluding hydrogens is 282 g/mol. The van der Waals surface area contributed by atoms with E-state index in [0.717, 1.165) is 6.42 Å². The lowest BCUT2D eigenvalue weighted by Crippen LogP contribution is -2.26. The van der Waals surface area contributed by atoms with Crippen molar-refractivity contribution in [2.75, 3.05) is 13.7 Å². The molecule has 0 saturated carbocycles. The largest absolute Gasteiger partial charge is 0.396 e. The molecule has 0 aliphatic heterocycles. The Morgan fingerprint density at radius 3 is 1.35 bits per heavy atom. The van der Waals surface area contributed by atoms with Gasteiger partial charge in [-0.2, -0.15) is 0 Å². The number of hydrogen-bond acceptors (Lipinski definition) is 2. The number of unbranched alkanes of at least 4 members (excludes halogenated alkanes) is 14. The lowest BCUT2D eigenvalue weighted by molar-refractivity contribution is 0.262. The summed E-state index contributed by atoms with van der Waals surface area (Å²) in [5.41, 5.74) is 0. The molecule has 0 aliphatic rings. The van der Waals surface area contributed by atoms with Gasteiger partial charge in [-0.1, -0.05) is 103 Å². The minimum atomic E-state index is 0.310. The topological polar surface area (TPSA) is 32.3 Å². The predicted molar refractivity (Wildman–Crippen MR) is 104 cm³/mol. The molecule has 2 nitrogen and oxygen atoms in total. The lowest BCUT2D eigenvalue weighted by atomic mass is 10.0. The third-order valence-corrected chi connectivity index (χ3v) is 5.04. The van der Waals surface area contributed by atoms with Gasteiger partial charge in [0.2, 0.25) is 0 Å². The van der Waals surface area contributed by atoms with Crippen molar-refractivity contribution in [3.8, 4) is 0 Å². The first kappa shape index (κ1) is 22.9. The maximum absolute atomic E-state index is 8.95. The van der Waals surface area contributed by atoms with Crippen LogP contribution in [0.5, 0.6) is 0 Å². The van der Waals surface area contributed by atoms with Crippen LogP contribution in [0, 0.1) is 0 Å². The quantitative estimate of drug-likeness (QED) is 0.276. The molecule has 0 radical (unpaired) electrons. The van der Waals surface area contributed by atoms with Crippen LogP contribution in [-0.2, 0) is 0 Å². The zero-order valence-electron chi connectivity index (χ0n) is 16.3. The van der Waals surface area contributed by atoms with Gasteiger partial charge in [0, 0.05) is 12.6 Å². The minimum Gasteiger partial charge on any atom is -0.396 e. The van der Waals surface area contributed by atoms with Crippen molar-refractivity contribution in [2.24, 2.45) is 0 Å². The molecule has 1 unspecified atom stereocenters. The number of rotatable bonds is 19. The molecule has 0 saturated heterocycles. The maximum atomic E-state index is 8.95. The summed E-state index contributed by atoms with van der Waals surface area (Å²) in [5, 5.41) is 12.2. The Bertz CT molecular complexity index is 208. The van der Waals surface area contributed by atoms with Crippen molar-refractivity contribution < 1.29 is 5.11 Å². The van der Waals surface area contributed by atoms with Gasteiger partial charge in [-0.05, 0) is 19.9 Å². The van der Waals surface area contributed by atoms with Gasteiger partial charge in [-0.3, -0.25) is 0 Å². The SMILES string of the molecule is CCCCCCCCCCCCCCCCCC(CCO)NC. The Kier molecular flexibility index (Phi) is 19.9. The molecule has 23 heavy (non-hydrogen) atoms. The van der Waals surface area contributed by atoms with Crippen LogP contribution in [0.2, 0.25) is 0 Å². The molecule has 1 atom stereocenters. The standard InChI is InChI=1S/C21H45NO/c1-3-4-5-6-7-8-9-10-11-12-13-14-15-16-17-18-21(22-2)19-20-23/h21-23H,3-20H2,1-2H3. The van der Waals surface area contributed by atoms with Gasteiger partial charge < -0.3 is 10.4 Å². The summed E-state index contributed by atoms with van der Waals surface area (Å²) >= 11 is 0. The molecule has 0 spiro atoms. The first-order valence-electron chi connectivity index (χ1n) is 10.6. The zero-order valence-corrected chi connectivity index (χ0v) is 16.3. The van der Waals surface area contributed by atoms with Gasteiger partial charge in [0.15, 0.2) is 0 Å². The monoisotopic (exact) mass is 327 g/mol. The predicted octanol–water partition coefficient (Wildman–Crippen LogP) is 6.22. The summed E-state index contributed by atoms with van der Waals surface area (Å²) in [7, 11) is 2.01. The fourth-order valence-electron chi connectivity index (χ4n) is 3.35. The highest BCUT2D eigenvalue weighted by molar-refractivity contribution is 4.63. The molecule has 0 heterocycles. The summed E-state index contributed by atoms with van der Waals surface area (Å²) < 4.78 is 0. The van der Waals surface area contributed by atoms with Gasteiger partial charge in [-0.25, -0.2) is 0 Å². The number of hydrogen-bond donors (Lipinski definition) is 2. The van der Waals surface area contributed by atoms with E-state index in [4.69, 9.17) is 5.11 Å². The van der Waals surface area contributed by atoms with Gasteiger partial charge in [0.25, 0.3) is 0 Å². The van der Waals surface area contributed by atoms with Crippen LogP contribution in [0.3, 0.4) is 0 Å². The number of aliphatic hydroxyl groups is 1. The van der Waals surface area contributed by atoms with E-state index in [9.17, 15) is 0 Å². The van der Waals surface area contributed by atoms with E-state index in [0.29, 0.717) is 12.6 Å². The van der Waals surface area contributed by atoms with Crippen molar-refractivity contribution in [3.63, 3.8) is 0 Å². The van der Waals surface area contributed by atoms with E-state index in [1.54, 1.807) is 0 Å². The van der Waals surface area contributed by atoms with Crippen LogP contribution >= 0.6 is 0 Å². The second-order valence-corrected chi connectivity index (χ2v) is 7.24. The fourth-order valence-corrected chi connectivity index (χ4v) is 3.35. The molecule has 0 fully saturated rings. The molecule has 0 bridgehead atoms. The molecule has 140 valence electrons. The van der Waals surface area contributed by atoms with Crippen molar-refractivity contribution >= 4 is 0 Å². The van der Waals surface area contributed by atoms with Crippen LogP contribution in [0.4, 0.5) is 0 Å². The third-order valence-electron chi connectivity index (χ3n) is 5.04. The summed E-state index contributed by atoms with van der Waals surface area (Å²) in [6, 6.07) is 0.516. The molecule has 2 heteroatoms. The first-order chi connectivity index (χ1) is 11.3. The van der Waals surface area contributed by atoms with Crippen LogP contribution < -0.4 is 5.32 Å². The highest BCUT2D eigenvalue weighted by Crippen LogP contribution is 2.14. The summed E-state index contributed by atoms with van der Waals surface area (Å²) in [6.07, 6.45) is 23.5. The normalized spacial score (nSPS) is 12.7. The highest BCUT2D eigenvalue weighted by atomic mass is 16.3. The molecule has 0 aliphatic carbocycles. The van der Waals surface area contributed by atoms with Crippen molar-refractivity contribution in [1.82, 2.24) is 5.32 Å². The van der Waals surface area contributed by atoms with Crippen LogP contribution in [0.25, 0.3) is 0 Å². The molecule has 0 aromatic carbocycles. The molecule has 0 aromatic heterocycles. The Hall–Kier alpha value is -0.0800. The van der Waals surface area contributed by atoms with Gasteiger partial charge >= 0.3 is 0 Å². The van der Waals surface area contributed by atoms with Crippen LogP contribution in [0.1, 0.15) is 116 Å². The number of nitrogens with one attached hydrogen (secondary N) is 1. The second-order valence-electron chi connectivity index (χ2n) is 7.24. The van der Waals surface area contributed by atoms with E-state index in [-0.39, 0.29) is 0 Å². The van der Waals surface area contributed by atoms with Crippen molar-refractivity contribution in [1.29, 1.82) is 0 Å². The van der Waals surface area contributed by atoms with Crippen LogP contribution in [-0.4, -0.2) is 24.8 Å². The van der Waals surface area contributed by atoms with Gasteiger partial charge in [0.05, 0.1) is 0 Å². The van der Waals surface area contributed by atoms with E-state index in [2.05, 4.69) is 12.2 Å². The Balaban J connectivity index is 3.07. The molecule has 0 amide bonds. The van der Waals surface area contributed by atoms with Crippen LogP contribution in [0.15, 0.2) is 0 Å². The average molecular weight is 328 g/mol. The molecule has 2 N–H and O–H groups in total. The maximum Gasteiger partial charge on any atom is 0.0445 e. The molecule has 0 aromatic rings. The van der Waals surface area contributed by atoms with Gasteiger partial charge in [-0.15, -0.1) is 0 Å². The Morgan fingerprint density at radius 1 is 0.609 bits per heavy atom. The Morgan fingerprint density at radius 2 is 1.00 bits per heavy atom. The zero-order chi connectivity index (χ0) is 17.0. The molecular formula is C21H45NO. The lowest BCUT2D eigenvalue weighted by Gasteiger charge is -2.14. The Labute approximate surface area is 146 Å². The van der Waals surface area contributed by atoms with E-state index in [1.807, 2.05) is 7.05 Å². The molecule has 0 rings (SSSR count).